The molecule has 0 amide bonds. The average molecular weight is 271 g/mol. The van der Waals surface area contributed by atoms with E-state index >= 15 is 0 Å². The van der Waals surface area contributed by atoms with E-state index < -0.39 is 0 Å². The Morgan fingerprint density at radius 2 is 2.20 bits per heavy atom. The van der Waals surface area contributed by atoms with Gasteiger partial charge in [0.05, 0.1) is 12.6 Å². The lowest BCUT2D eigenvalue weighted by Gasteiger charge is -2.19. The minimum absolute atomic E-state index is 0.0890. The smallest absolute Gasteiger partial charge is 0.119 e. The van der Waals surface area contributed by atoms with E-state index in [2.05, 4.69) is 24.3 Å². The largest absolute Gasteiger partial charge is 0.494 e. The molecule has 106 valence electrons. The summed E-state index contributed by atoms with van der Waals surface area (Å²) in [6, 6.07) is 9.90. The van der Waals surface area contributed by atoms with Crippen LogP contribution in [-0.4, -0.2) is 11.6 Å². The van der Waals surface area contributed by atoms with Crippen LogP contribution < -0.4 is 16.0 Å². The van der Waals surface area contributed by atoms with E-state index in [0.717, 1.165) is 35.5 Å². The number of nitrogens with zero attached hydrogens (tertiary/aromatic N) is 1. The number of nitrogens with one attached hydrogen (secondary N) is 1. The summed E-state index contributed by atoms with van der Waals surface area (Å²) < 4.78 is 5.67. The summed E-state index contributed by atoms with van der Waals surface area (Å²) in [4.78, 5) is 4.19. The molecule has 2 rings (SSSR count). The van der Waals surface area contributed by atoms with Gasteiger partial charge in [0.2, 0.25) is 0 Å². The molecule has 0 aliphatic heterocycles. The molecule has 20 heavy (non-hydrogen) atoms. The maximum atomic E-state index is 5.74. The molecule has 4 heteroatoms. The van der Waals surface area contributed by atoms with Crippen LogP contribution in [0, 0.1) is 6.92 Å². The molecule has 2 aromatic rings. The zero-order chi connectivity index (χ0) is 14.4. The molecule has 0 radical (unpaired) electrons. The Morgan fingerprint density at radius 1 is 1.35 bits per heavy atom. The lowest BCUT2D eigenvalue weighted by Crippen LogP contribution is -2.29. The Hall–Kier alpha value is -1.91. The van der Waals surface area contributed by atoms with Crippen LogP contribution in [0.2, 0.25) is 0 Å². The van der Waals surface area contributed by atoms with Gasteiger partial charge in [-0.25, -0.2) is 5.43 Å². The van der Waals surface area contributed by atoms with Gasteiger partial charge < -0.3 is 4.74 Å². The van der Waals surface area contributed by atoms with E-state index in [0.29, 0.717) is 0 Å². The highest BCUT2D eigenvalue weighted by molar-refractivity contribution is 5.38. The van der Waals surface area contributed by atoms with Crippen molar-refractivity contribution in [3.8, 4) is 5.75 Å². The van der Waals surface area contributed by atoms with Crippen LogP contribution >= 0.6 is 0 Å². The second-order valence-corrected chi connectivity index (χ2v) is 4.75. The monoisotopic (exact) mass is 271 g/mol. The standard InChI is InChI=1S/C16H21N3O/c1-3-9-20-14-6-4-5-13(10-14)16(19-17)15-11-18-8-7-12(15)2/h4-8,10-11,16,19H,3,9,17H2,1-2H3. The third kappa shape index (κ3) is 3.35. The topological polar surface area (TPSA) is 60.2 Å². The summed E-state index contributed by atoms with van der Waals surface area (Å²) in [6.07, 6.45) is 4.62. The molecule has 0 bridgehead atoms. The van der Waals surface area contributed by atoms with Gasteiger partial charge in [-0.15, -0.1) is 0 Å². The van der Waals surface area contributed by atoms with Crippen molar-refractivity contribution in [3.05, 3.63) is 59.4 Å². The molecule has 0 spiro atoms. The molecule has 3 N–H and O–H groups in total. The van der Waals surface area contributed by atoms with Crippen LogP contribution in [0.4, 0.5) is 0 Å². The van der Waals surface area contributed by atoms with E-state index in [1.807, 2.05) is 36.5 Å². The van der Waals surface area contributed by atoms with Gasteiger partial charge in [0.1, 0.15) is 5.75 Å². The first-order valence-electron chi connectivity index (χ1n) is 6.85. The minimum atomic E-state index is -0.0890. The van der Waals surface area contributed by atoms with Crippen LogP contribution in [0.1, 0.15) is 36.1 Å². The highest BCUT2D eigenvalue weighted by Gasteiger charge is 2.15. The van der Waals surface area contributed by atoms with Crippen LogP contribution in [0.25, 0.3) is 0 Å². The van der Waals surface area contributed by atoms with Gasteiger partial charge in [-0.2, -0.15) is 0 Å². The maximum absolute atomic E-state index is 5.74. The summed E-state index contributed by atoms with van der Waals surface area (Å²) in [7, 11) is 0. The van der Waals surface area contributed by atoms with Crippen LogP contribution in [0.3, 0.4) is 0 Å². The first kappa shape index (κ1) is 14.5. The number of pyridine rings is 1. The van der Waals surface area contributed by atoms with Gasteiger partial charge >= 0.3 is 0 Å². The number of hydrazine groups is 1. The number of benzene rings is 1. The fraction of sp³-hybridized carbons (Fsp3) is 0.312. The van der Waals surface area contributed by atoms with Crippen molar-refractivity contribution >= 4 is 0 Å². The minimum Gasteiger partial charge on any atom is -0.494 e. The quantitative estimate of drug-likeness (QED) is 0.626. The zero-order valence-electron chi connectivity index (χ0n) is 12.0. The Morgan fingerprint density at radius 3 is 2.90 bits per heavy atom. The third-order valence-corrected chi connectivity index (χ3v) is 3.22. The highest BCUT2D eigenvalue weighted by Crippen LogP contribution is 2.26. The van der Waals surface area contributed by atoms with Gasteiger partial charge in [-0.05, 0) is 48.2 Å². The number of rotatable bonds is 6. The summed E-state index contributed by atoms with van der Waals surface area (Å²) in [5.41, 5.74) is 6.16. The molecule has 4 nitrogen and oxygen atoms in total. The number of ether oxygens (including phenoxy) is 1. The Bertz CT molecular complexity index is 557. The first-order valence-corrected chi connectivity index (χ1v) is 6.85. The lowest BCUT2D eigenvalue weighted by atomic mass is 9.97. The lowest BCUT2D eigenvalue weighted by molar-refractivity contribution is 0.317. The number of hydrogen-bond acceptors (Lipinski definition) is 4. The molecule has 1 heterocycles. The third-order valence-electron chi connectivity index (χ3n) is 3.22. The fourth-order valence-electron chi connectivity index (χ4n) is 2.15. The van der Waals surface area contributed by atoms with Crippen molar-refractivity contribution in [3.63, 3.8) is 0 Å². The summed E-state index contributed by atoms with van der Waals surface area (Å²) in [6.45, 7) is 4.86. The zero-order valence-corrected chi connectivity index (χ0v) is 12.0. The summed E-state index contributed by atoms with van der Waals surface area (Å²) in [5, 5.41) is 0. The molecule has 0 saturated heterocycles. The maximum Gasteiger partial charge on any atom is 0.119 e. The second-order valence-electron chi connectivity index (χ2n) is 4.75. The van der Waals surface area contributed by atoms with Crippen molar-refractivity contribution in [2.45, 2.75) is 26.3 Å². The molecule has 1 aromatic carbocycles. The summed E-state index contributed by atoms with van der Waals surface area (Å²) in [5.74, 6) is 6.60. The second kappa shape index (κ2) is 7.03. The van der Waals surface area contributed by atoms with Crippen molar-refractivity contribution in [1.82, 2.24) is 10.4 Å². The molecule has 0 fully saturated rings. The molecule has 1 aromatic heterocycles. The average Bonchev–Trinajstić information content (AvgIpc) is 2.48. The van der Waals surface area contributed by atoms with Crippen molar-refractivity contribution in [2.75, 3.05) is 6.61 Å². The van der Waals surface area contributed by atoms with Gasteiger partial charge in [-0.3, -0.25) is 10.8 Å². The van der Waals surface area contributed by atoms with E-state index in [-0.39, 0.29) is 6.04 Å². The SMILES string of the molecule is CCCOc1cccc(C(NN)c2cnccc2C)c1. The van der Waals surface area contributed by atoms with Crippen LogP contribution in [0.5, 0.6) is 5.75 Å². The van der Waals surface area contributed by atoms with E-state index in [1.54, 1.807) is 6.20 Å². The Labute approximate surface area is 120 Å². The van der Waals surface area contributed by atoms with E-state index in [9.17, 15) is 0 Å². The highest BCUT2D eigenvalue weighted by atomic mass is 16.5. The number of aryl methyl sites for hydroxylation is 1. The molecule has 0 saturated carbocycles. The van der Waals surface area contributed by atoms with Gasteiger partial charge in [0.15, 0.2) is 0 Å². The number of aromatic nitrogens is 1. The molecular formula is C16H21N3O. The first-order chi connectivity index (χ1) is 9.76. The van der Waals surface area contributed by atoms with E-state index in [1.165, 1.54) is 0 Å². The molecule has 0 aliphatic carbocycles. The Balaban J connectivity index is 2.30. The molecular weight excluding hydrogens is 250 g/mol. The molecule has 1 unspecified atom stereocenters. The van der Waals surface area contributed by atoms with Crippen molar-refractivity contribution < 1.29 is 4.74 Å². The molecule has 0 aliphatic rings. The number of hydrogen-bond donors (Lipinski definition) is 2. The van der Waals surface area contributed by atoms with Crippen molar-refractivity contribution in [2.24, 2.45) is 5.84 Å². The van der Waals surface area contributed by atoms with Crippen LogP contribution in [0.15, 0.2) is 42.7 Å². The normalized spacial score (nSPS) is 12.2. The predicted octanol–water partition coefficient (Wildman–Crippen LogP) is 2.73. The van der Waals surface area contributed by atoms with Gasteiger partial charge in [0, 0.05) is 12.4 Å². The molecule has 1 atom stereocenters. The fourth-order valence-corrected chi connectivity index (χ4v) is 2.15. The van der Waals surface area contributed by atoms with Gasteiger partial charge in [0.25, 0.3) is 0 Å². The van der Waals surface area contributed by atoms with E-state index in [4.69, 9.17) is 10.6 Å². The Kier molecular flexibility index (Phi) is 5.09. The number of nitrogens with two attached hydrogens (primary N) is 1. The van der Waals surface area contributed by atoms with Gasteiger partial charge in [-0.1, -0.05) is 19.1 Å². The summed E-state index contributed by atoms with van der Waals surface area (Å²) >= 11 is 0. The predicted molar refractivity (Wildman–Crippen MR) is 80.4 cm³/mol. The van der Waals surface area contributed by atoms with Crippen LogP contribution in [-0.2, 0) is 0 Å². The van der Waals surface area contributed by atoms with Crippen molar-refractivity contribution in [1.29, 1.82) is 0 Å².